The average molecular weight is 122 g/mol. The zero-order valence-corrected chi connectivity index (χ0v) is 6.02. The van der Waals surface area contributed by atoms with Gasteiger partial charge in [0.1, 0.15) is 0 Å². The van der Waals surface area contributed by atoms with E-state index in [0.29, 0.717) is 6.04 Å². The maximum atomic E-state index is 7.48. The van der Waals surface area contributed by atoms with Crippen molar-refractivity contribution in [2.45, 2.75) is 20.8 Å². The minimum atomic E-state index is 0.561. The maximum Gasteiger partial charge on any atom is 0.0645 e. The third-order valence-electron chi connectivity index (χ3n) is 1.15. The highest BCUT2D eigenvalue weighted by atomic mass is 14.7. The molecule has 0 unspecified atom stereocenters. The summed E-state index contributed by atoms with van der Waals surface area (Å²) in [6, 6.07) is 2.49. The molecule has 0 aliphatic carbocycles. The van der Waals surface area contributed by atoms with Crippen LogP contribution in [0.2, 0.25) is 0 Å². The van der Waals surface area contributed by atoms with Gasteiger partial charge in [-0.05, 0) is 38.4 Å². The molecule has 1 heterocycles. The first kappa shape index (κ1) is 4.98. The van der Waals surface area contributed by atoms with E-state index in [0.717, 1.165) is 17.0 Å². The van der Waals surface area contributed by atoms with Crippen molar-refractivity contribution in [3.05, 3.63) is 29.1 Å². The molecule has 1 heteroatoms. The second-order valence-electron chi connectivity index (χ2n) is 2.29. The lowest BCUT2D eigenvalue weighted by Gasteiger charge is -1.96. The van der Waals surface area contributed by atoms with Crippen LogP contribution in [-0.2, 0) is 0 Å². The first-order valence-corrected chi connectivity index (χ1v) is 3.02. The lowest BCUT2D eigenvalue weighted by molar-refractivity contribution is 1.10. The molecular weight excluding hydrogens is 110 g/mol. The highest BCUT2D eigenvalue weighted by Gasteiger charge is 1.88. The van der Waals surface area contributed by atoms with Crippen LogP contribution in [0.1, 0.15) is 18.3 Å². The Labute approximate surface area is 57.2 Å². The van der Waals surface area contributed by atoms with E-state index in [4.69, 9.17) is 1.37 Å². The zero-order valence-electron chi connectivity index (χ0n) is 7.02. The Hall–Kier alpha value is -0.850. The Bertz CT molecular complexity index is 232. The molecule has 0 aliphatic rings. The van der Waals surface area contributed by atoms with Gasteiger partial charge >= 0.3 is 0 Å². The topological polar surface area (TPSA) is 12.9 Å². The van der Waals surface area contributed by atoms with Gasteiger partial charge in [0, 0.05) is 11.4 Å². The standard InChI is InChI=1S/C8H11N/c1-6-4-7(2)9-8(3)5-6/h4-5H,1-3H3/i4D. The number of hydrogen-bond acceptors (Lipinski definition) is 1. The summed E-state index contributed by atoms with van der Waals surface area (Å²) < 4.78 is 7.48. The van der Waals surface area contributed by atoms with Crippen molar-refractivity contribution in [3.63, 3.8) is 0 Å². The van der Waals surface area contributed by atoms with Crippen molar-refractivity contribution in [1.82, 2.24) is 4.98 Å². The highest BCUT2D eigenvalue weighted by molar-refractivity contribution is 5.18. The fraction of sp³-hybridized carbons (Fsp3) is 0.375. The van der Waals surface area contributed by atoms with Gasteiger partial charge in [0.05, 0.1) is 1.37 Å². The fourth-order valence-corrected chi connectivity index (χ4v) is 0.960. The van der Waals surface area contributed by atoms with E-state index in [1.807, 2.05) is 26.8 Å². The molecule has 0 aromatic carbocycles. The quantitative estimate of drug-likeness (QED) is 0.513. The molecule has 0 saturated carbocycles. The molecule has 0 spiro atoms. The Morgan fingerprint density at radius 2 is 2.00 bits per heavy atom. The van der Waals surface area contributed by atoms with Crippen LogP contribution in [0.15, 0.2) is 12.1 Å². The summed E-state index contributed by atoms with van der Waals surface area (Å²) in [7, 11) is 0. The van der Waals surface area contributed by atoms with E-state index in [9.17, 15) is 0 Å². The predicted octanol–water partition coefficient (Wildman–Crippen LogP) is 2.01. The van der Waals surface area contributed by atoms with E-state index in [1.54, 1.807) is 0 Å². The number of pyridine rings is 1. The predicted molar refractivity (Wildman–Crippen MR) is 38.4 cm³/mol. The van der Waals surface area contributed by atoms with Crippen LogP contribution >= 0.6 is 0 Å². The van der Waals surface area contributed by atoms with Crippen LogP contribution in [0.25, 0.3) is 0 Å². The SMILES string of the molecule is [2H]c1c(C)cc(C)nc1C. The van der Waals surface area contributed by atoms with Crippen molar-refractivity contribution < 1.29 is 1.37 Å². The lowest BCUT2D eigenvalue weighted by Crippen LogP contribution is -1.85. The summed E-state index contributed by atoms with van der Waals surface area (Å²) in [6.07, 6.45) is 0. The maximum absolute atomic E-state index is 7.48. The van der Waals surface area contributed by atoms with Gasteiger partial charge in [-0.25, -0.2) is 0 Å². The zero-order chi connectivity index (χ0) is 7.72. The molecule has 0 bridgehead atoms. The summed E-state index contributed by atoms with van der Waals surface area (Å²) in [6.45, 7) is 5.74. The van der Waals surface area contributed by atoms with Crippen LogP contribution in [0.3, 0.4) is 0 Å². The first-order valence-electron chi connectivity index (χ1n) is 3.52. The smallest absolute Gasteiger partial charge is 0.0645 e. The molecule has 1 rings (SSSR count). The van der Waals surface area contributed by atoms with Crippen LogP contribution in [0.5, 0.6) is 0 Å². The Kier molecular flexibility index (Phi) is 1.20. The molecule has 1 nitrogen and oxygen atoms in total. The van der Waals surface area contributed by atoms with Crippen molar-refractivity contribution >= 4 is 0 Å². The molecule has 0 aliphatic heterocycles. The van der Waals surface area contributed by atoms with Gasteiger partial charge < -0.3 is 0 Å². The second-order valence-corrected chi connectivity index (χ2v) is 2.29. The van der Waals surface area contributed by atoms with Crippen molar-refractivity contribution in [3.8, 4) is 0 Å². The van der Waals surface area contributed by atoms with Crippen molar-refractivity contribution in [2.75, 3.05) is 0 Å². The monoisotopic (exact) mass is 122 g/mol. The Morgan fingerprint density at radius 3 is 2.56 bits per heavy atom. The number of aromatic nitrogens is 1. The van der Waals surface area contributed by atoms with Gasteiger partial charge in [0.25, 0.3) is 0 Å². The van der Waals surface area contributed by atoms with Crippen molar-refractivity contribution in [2.24, 2.45) is 0 Å². The number of aryl methyl sites for hydroxylation is 3. The van der Waals surface area contributed by atoms with Crippen molar-refractivity contribution in [1.29, 1.82) is 0 Å². The van der Waals surface area contributed by atoms with E-state index in [1.165, 1.54) is 0 Å². The highest BCUT2D eigenvalue weighted by Crippen LogP contribution is 2.01. The summed E-state index contributed by atoms with van der Waals surface area (Å²) in [5.41, 5.74) is 2.81. The number of hydrogen-bond donors (Lipinski definition) is 0. The minimum Gasteiger partial charge on any atom is -0.258 e. The van der Waals surface area contributed by atoms with E-state index in [2.05, 4.69) is 4.98 Å². The van der Waals surface area contributed by atoms with Gasteiger partial charge in [0.2, 0.25) is 0 Å². The third kappa shape index (κ3) is 1.53. The molecule has 1 aromatic rings. The molecular formula is C8H11N. The van der Waals surface area contributed by atoms with E-state index in [-0.39, 0.29) is 0 Å². The summed E-state index contributed by atoms with van der Waals surface area (Å²) >= 11 is 0. The second kappa shape index (κ2) is 2.18. The summed E-state index contributed by atoms with van der Waals surface area (Å²) in [5.74, 6) is 0. The van der Waals surface area contributed by atoms with Crippen LogP contribution < -0.4 is 0 Å². The number of rotatable bonds is 0. The van der Waals surface area contributed by atoms with Crippen LogP contribution in [-0.4, -0.2) is 4.98 Å². The van der Waals surface area contributed by atoms with Crippen LogP contribution in [0, 0.1) is 20.8 Å². The molecule has 9 heavy (non-hydrogen) atoms. The first-order chi connectivity index (χ1) is 4.61. The minimum absolute atomic E-state index is 0.561. The van der Waals surface area contributed by atoms with E-state index < -0.39 is 0 Å². The molecule has 0 N–H and O–H groups in total. The number of nitrogens with zero attached hydrogens (tertiary/aromatic N) is 1. The van der Waals surface area contributed by atoms with Gasteiger partial charge in [-0.15, -0.1) is 0 Å². The summed E-state index contributed by atoms with van der Waals surface area (Å²) in [4.78, 5) is 4.15. The molecule has 0 amide bonds. The largest absolute Gasteiger partial charge is 0.258 e. The fourth-order valence-electron chi connectivity index (χ4n) is 0.960. The van der Waals surface area contributed by atoms with Gasteiger partial charge in [-0.3, -0.25) is 4.98 Å². The van der Waals surface area contributed by atoms with Gasteiger partial charge in [-0.1, -0.05) is 0 Å². The molecule has 0 radical (unpaired) electrons. The third-order valence-corrected chi connectivity index (χ3v) is 1.15. The molecule has 1 aromatic heterocycles. The van der Waals surface area contributed by atoms with E-state index >= 15 is 0 Å². The molecule has 0 saturated heterocycles. The van der Waals surface area contributed by atoms with Gasteiger partial charge in [0.15, 0.2) is 0 Å². The lowest BCUT2D eigenvalue weighted by atomic mass is 10.2. The Morgan fingerprint density at radius 1 is 1.33 bits per heavy atom. The molecule has 0 atom stereocenters. The normalized spacial score (nSPS) is 11.2. The van der Waals surface area contributed by atoms with Crippen LogP contribution in [0.4, 0.5) is 0 Å². The average Bonchev–Trinajstić information content (AvgIpc) is 1.82. The summed E-state index contributed by atoms with van der Waals surface area (Å²) in [5, 5.41) is 0. The molecule has 0 fully saturated rings. The Balaban J connectivity index is 3.31. The molecule has 48 valence electrons. The van der Waals surface area contributed by atoms with Gasteiger partial charge in [-0.2, -0.15) is 0 Å².